The molecule has 1 aromatic carbocycles. The molecule has 0 aromatic heterocycles. The fourth-order valence-electron chi connectivity index (χ4n) is 2.57. The van der Waals surface area contributed by atoms with Crippen LogP contribution in [0.3, 0.4) is 0 Å². The van der Waals surface area contributed by atoms with Crippen LogP contribution in [0.25, 0.3) is 0 Å². The lowest BCUT2D eigenvalue weighted by atomic mass is 9.90. The van der Waals surface area contributed by atoms with Gasteiger partial charge in [0.15, 0.2) is 0 Å². The van der Waals surface area contributed by atoms with Gasteiger partial charge < -0.3 is 10.4 Å². The van der Waals surface area contributed by atoms with Gasteiger partial charge >= 0.3 is 0 Å². The number of nitrogens with one attached hydrogen (secondary N) is 1. The first-order valence-electron chi connectivity index (χ1n) is 6.77. The van der Waals surface area contributed by atoms with Crippen LogP contribution in [0.2, 0.25) is 5.02 Å². The van der Waals surface area contributed by atoms with Crippen LogP contribution in [0.5, 0.6) is 0 Å². The second-order valence-electron chi connectivity index (χ2n) is 5.89. The van der Waals surface area contributed by atoms with Crippen molar-refractivity contribution in [2.24, 2.45) is 11.3 Å². The summed E-state index contributed by atoms with van der Waals surface area (Å²) in [5.41, 5.74) is 1.18. The minimum Gasteiger partial charge on any atom is -0.392 e. The van der Waals surface area contributed by atoms with E-state index in [1.165, 1.54) is 0 Å². The van der Waals surface area contributed by atoms with E-state index in [1.807, 2.05) is 18.2 Å². The van der Waals surface area contributed by atoms with Gasteiger partial charge in [-0.15, -0.1) is 0 Å². The Balaban J connectivity index is 1.89. The first-order valence-corrected chi connectivity index (χ1v) is 7.94. The van der Waals surface area contributed by atoms with Gasteiger partial charge in [0.25, 0.3) is 0 Å². The molecule has 1 fully saturated rings. The molecule has 1 atom stereocenters. The minimum absolute atomic E-state index is 0.0899. The lowest BCUT2D eigenvalue weighted by Crippen LogP contribution is -2.36. The largest absolute Gasteiger partial charge is 0.392 e. The second kappa shape index (κ2) is 6.13. The zero-order chi connectivity index (χ0) is 14.0. The molecule has 0 heterocycles. The molecule has 2 rings (SSSR count). The van der Waals surface area contributed by atoms with Gasteiger partial charge in [-0.25, -0.2) is 0 Å². The fraction of sp³-hybridized carbons (Fsp3) is 0.600. The Labute approximate surface area is 128 Å². The van der Waals surface area contributed by atoms with E-state index >= 15 is 0 Å². The lowest BCUT2D eigenvalue weighted by molar-refractivity contribution is 0.0502. The smallest absolute Gasteiger partial charge is 0.0631 e. The Hall–Kier alpha value is -0.0900. The zero-order valence-corrected chi connectivity index (χ0v) is 13.8. The summed E-state index contributed by atoms with van der Waals surface area (Å²) in [6, 6.07) is 5.88. The Kier molecular flexibility index (Phi) is 4.93. The maximum Gasteiger partial charge on any atom is 0.0631 e. The van der Waals surface area contributed by atoms with Crippen LogP contribution >= 0.6 is 27.5 Å². The predicted octanol–water partition coefficient (Wildman–Crippen LogP) is 3.99. The lowest BCUT2D eigenvalue weighted by Gasteiger charge is -2.26. The summed E-state index contributed by atoms with van der Waals surface area (Å²) in [5, 5.41) is 14.5. The molecular formula is C15H21BrClNO. The Morgan fingerprint density at radius 2 is 2.11 bits per heavy atom. The third-order valence-corrected chi connectivity index (χ3v) is 4.81. The molecule has 0 radical (unpaired) electrons. The SMILES string of the molecule is CC(C)[C@H](O)C1(CNCc2cc(Br)ccc2Cl)CC1. The third kappa shape index (κ3) is 3.72. The quantitative estimate of drug-likeness (QED) is 0.816. The number of benzene rings is 1. The van der Waals surface area contributed by atoms with Crippen molar-refractivity contribution < 1.29 is 5.11 Å². The van der Waals surface area contributed by atoms with E-state index in [9.17, 15) is 5.11 Å². The maximum atomic E-state index is 10.2. The van der Waals surface area contributed by atoms with Crippen molar-refractivity contribution in [3.63, 3.8) is 0 Å². The van der Waals surface area contributed by atoms with Crippen molar-refractivity contribution in [1.82, 2.24) is 5.32 Å². The van der Waals surface area contributed by atoms with Gasteiger partial charge in [0.05, 0.1) is 6.10 Å². The van der Waals surface area contributed by atoms with Crippen LogP contribution in [0.4, 0.5) is 0 Å². The molecule has 1 saturated carbocycles. The first-order chi connectivity index (χ1) is 8.94. The van der Waals surface area contributed by atoms with Crippen LogP contribution in [0.1, 0.15) is 32.3 Å². The van der Waals surface area contributed by atoms with Gasteiger partial charge in [0.1, 0.15) is 0 Å². The van der Waals surface area contributed by atoms with Gasteiger partial charge in [-0.05, 0) is 42.5 Å². The summed E-state index contributed by atoms with van der Waals surface area (Å²) in [7, 11) is 0. The molecule has 2 N–H and O–H groups in total. The molecule has 0 unspecified atom stereocenters. The van der Waals surface area contributed by atoms with E-state index in [1.54, 1.807) is 0 Å². The highest BCUT2D eigenvalue weighted by Gasteiger charge is 2.49. The topological polar surface area (TPSA) is 32.3 Å². The second-order valence-corrected chi connectivity index (χ2v) is 7.21. The molecule has 0 saturated heterocycles. The predicted molar refractivity (Wildman–Crippen MR) is 83.4 cm³/mol. The number of halogens is 2. The molecule has 2 nitrogen and oxygen atoms in total. The monoisotopic (exact) mass is 345 g/mol. The van der Waals surface area contributed by atoms with Crippen molar-refractivity contribution >= 4 is 27.5 Å². The van der Waals surface area contributed by atoms with Crippen molar-refractivity contribution in [3.05, 3.63) is 33.3 Å². The average molecular weight is 347 g/mol. The van der Waals surface area contributed by atoms with E-state index in [2.05, 4.69) is 35.1 Å². The summed E-state index contributed by atoms with van der Waals surface area (Å²) in [6.45, 7) is 5.76. The van der Waals surface area contributed by atoms with Crippen LogP contribution in [-0.2, 0) is 6.54 Å². The standard InChI is InChI=1S/C15H21BrClNO/c1-10(2)14(19)15(5-6-15)9-18-8-11-7-12(16)3-4-13(11)17/h3-4,7,10,14,18-19H,5-6,8-9H2,1-2H3/t14-/m0/s1. The van der Waals surface area contributed by atoms with Crippen LogP contribution in [0.15, 0.2) is 22.7 Å². The number of hydrogen-bond acceptors (Lipinski definition) is 2. The van der Waals surface area contributed by atoms with Crippen LogP contribution < -0.4 is 5.32 Å². The highest BCUT2D eigenvalue weighted by atomic mass is 79.9. The molecule has 0 amide bonds. The molecule has 0 bridgehead atoms. The maximum absolute atomic E-state index is 10.2. The van der Waals surface area contributed by atoms with E-state index < -0.39 is 0 Å². The Morgan fingerprint density at radius 3 is 2.68 bits per heavy atom. The van der Waals surface area contributed by atoms with Gasteiger partial charge in [-0.3, -0.25) is 0 Å². The normalized spacial score (nSPS) is 18.6. The summed E-state index contributed by atoms with van der Waals surface area (Å²) in [6.07, 6.45) is 2.02. The van der Waals surface area contributed by atoms with E-state index in [0.717, 1.165) is 41.0 Å². The van der Waals surface area contributed by atoms with Crippen molar-refractivity contribution in [3.8, 4) is 0 Å². The molecule has 0 spiro atoms. The van der Waals surface area contributed by atoms with Gasteiger partial charge in [0.2, 0.25) is 0 Å². The number of aliphatic hydroxyl groups excluding tert-OH is 1. The summed E-state index contributed by atoms with van der Waals surface area (Å²) >= 11 is 9.62. The number of rotatable bonds is 6. The molecule has 4 heteroatoms. The highest BCUT2D eigenvalue weighted by molar-refractivity contribution is 9.10. The molecule has 1 aromatic rings. The van der Waals surface area contributed by atoms with Gasteiger partial charge in [-0.2, -0.15) is 0 Å². The van der Waals surface area contributed by atoms with Crippen molar-refractivity contribution in [2.75, 3.05) is 6.54 Å². The molecule has 1 aliphatic rings. The Morgan fingerprint density at radius 1 is 1.42 bits per heavy atom. The number of aliphatic hydroxyl groups is 1. The minimum atomic E-state index is -0.210. The molecule has 0 aliphatic heterocycles. The van der Waals surface area contributed by atoms with Crippen LogP contribution in [-0.4, -0.2) is 17.8 Å². The van der Waals surface area contributed by atoms with E-state index in [-0.39, 0.29) is 11.5 Å². The summed E-state index contributed by atoms with van der Waals surface area (Å²) in [4.78, 5) is 0. The van der Waals surface area contributed by atoms with E-state index in [0.29, 0.717) is 5.92 Å². The molecule has 19 heavy (non-hydrogen) atoms. The van der Waals surface area contributed by atoms with Crippen molar-refractivity contribution in [2.45, 2.75) is 39.3 Å². The van der Waals surface area contributed by atoms with Gasteiger partial charge in [-0.1, -0.05) is 41.4 Å². The molecule has 106 valence electrons. The molecule has 1 aliphatic carbocycles. The first kappa shape index (κ1) is 15.3. The Bertz CT molecular complexity index is 446. The summed E-state index contributed by atoms with van der Waals surface area (Å²) in [5.74, 6) is 0.318. The fourth-order valence-corrected chi connectivity index (χ4v) is 3.16. The van der Waals surface area contributed by atoms with E-state index in [4.69, 9.17) is 11.6 Å². The zero-order valence-electron chi connectivity index (χ0n) is 11.4. The summed E-state index contributed by atoms with van der Waals surface area (Å²) < 4.78 is 1.04. The third-order valence-electron chi connectivity index (χ3n) is 3.95. The van der Waals surface area contributed by atoms with Gasteiger partial charge in [0, 0.05) is 28.0 Å². The highest BCUT2D eigenvalue weighted by Crippen LogP contribution is 2.50. The molecular weight excluding hydrogens is 326 g/mol. The number of hydrogen-bond donors (Lipinski definition) is 2. The average Bonchev–Trinajstić information content (AvgIpc) is 3.13. The van der Waals surface area contributed by atoms with Crippen LogP contribution in [0, 0.1) is 11.3 Å². The van der Waals surface area contributed by atoms with Crippen molar-refractivity contribution in [1.29, 1.82) is 0 Å².